The van der Waals surface area contributed by atoms with Gasteiger partial charge in [-0.15, -0.1) is 11.3 Å². The molecule has 138 valence electrons. The summed E-state index contributed by atoms with van der Waals surface area (Å²) >= 11 is 1.51. The molecule has 26 heavy (non-hydrogen) atoms. The number of nitrogens with one attached hydrogen (secondary N) is 1. The molecular formula is C20H25N2O3S+. The number of rotatable bonds is 6. The monoisotopic (exact) mass is 373 g/mol. The van der Waals surface area contributed by atoms with E-state index in [9.17, 15) is 9.59 Å². The molecule has 0 saturated carbocycles. The van der Waals surface area contributed by atoms with Gasteiger partial charge in [-0.3, -0.25) is 4.79 Å². The molecule has 0 bridgehead atoms. The minimum Gasteiger partial charge on any atom is -0.465 e. The highest BCUT2D eigenvalue weighted by atomic mass is 32.1. The molecule has 1 aliphatic rings. The summed E-state index contributed by atoms with van der Waals surface area (Å²) in [5.74, 6) is -0.502. The molecule has 0 radical (unpaired) electrons. The van der Waals surface area contributed by atoms with Gasteiger partial charge in [-0.25, -0.2) is 4.79 Å². The molecule has 6 heteroatoms. The highest BCUT2D eigenvalue weighted by molar-refractivity contribution is 7.17. The van der Waals surface area contributed by atoms with Crippen molar-refractivity contribution in [2.45, 2.75) is 52.0 Å². The molecule has 1 aliphatic carbocycles. The van der Waals surface area contributed by atoms with E-state index in [2.05, 4.69) is 12.2 Å². The van der Waals surface area contributed by atoms with Gasteiger partial charge in [-0.05, 0) is 43.2 Å². The number of ether oxygens (including phenoxy) is 1. The number of amides is 1. The van der Waals surface area contributed by atoms with E-state index >= 15 is 0 Å². The lowest BCUT2D eigenvalue weighted by molar-refractivity contribution is -0.684. The molecule has 2 heterocycles. The van der Waals surface area contributed by atoms with Crippen molar-refractivity contribution >= 4 is 28.2 Å². The van der Waals surface area contributed by atoms with Crippen LogP contribution in [0.2, 0.25) is 0 Å². The summed E-state index contributed by atoms with van der Waals surface area (Å²) in [6.45, 7) is 2.36. The third-order valence-corrected chi connectivity index (χ3v) is 5.85. The smallest absolute Gasteiger partial charge is 0.341 e. The second-order valence-corrected chi connectivity index (χ2v) is 7.69. The van der Waals surface area contributed by atoms with Crippen LogP contribution >= 0.6 is 11.3 Å². The van der Waals surface area contributed by atoms with Crippen molar-refractivity contribution in [3.63, 3.8) is 0 Å². The summed E-state index contributed by atoms with van der Waals surface area (Å²) in [5.41, 5.74) is 2.87. The largest absolute Gasteiger partial charge is 0.465 e. The fourth-order valence-electron chi connectivity index (χ4n) is 3.35. The Bertz CT molecular complexity index is 796. The van der Waals surface area contributed by atoms with Gasteiger partial charge in [0.25, 0.3) is 5.91 Å². The standard InChI is InChI=1S/C20H24N2O3S/c1-3-6-14-9-11-22(12-10-14)13-17(23)21-19-18(20(24)25-2)15-7-4-5-8-16(15)26-19/h9-12H,3-8,13H2,1-2H3/p+1. The highest BCUT2D eigenvalue weighted by Crippen LogP contribution is 2.38. The van der Waals surface area contributed by atoms with Crippen molar-refractivity contribution in [3.8, 4) is 0 Å². The lowest BCUT2D eigenvalue weighted by Crippen LogP contribution is -2.39. The molecule has 0 aromatic carbocycles. The maximum absolute atomic E-state index is 12.5. The van der Waals surface area contributed by atoms with E-state index in [1.165, 1.54) is 28.9 Å². The van der Waals surface area contributed by atoms with Crippen LogP contribution in [0.5, 0.6) is 0 Å². The van der Waals surface area contributed by atoms with Crippen LogP contribution < -0.4 is 9.88 Å². The second kappa shape index (κ2) is 8.45. The van der Waals surface area contributed by atoms with Crippen LogP contribution in [0.1, 0.15) is 52.5 Å². The Hall–Kier alpha value is -2.21. The molecule has 3 rings (SSSR count). The maximum atomic E-state index is 12.5. The number of thiophene rings is 1. The number of hydrogen-bond acceptors (Lipinski definition) is 4. The van der Waals surface area contributed by atoms with E-state index < -0.39 is 0 Å². The summed E-state index contributed by atoms with van der Waals surface area (Å²) < 4.78 is 6.80. The van der Waals surface area contributed by atoms with Crippen LogP contribution in [0, 0.1) is 0 Å². The molecular weight excluding hydrogens is 348 g/mol. The molecule has 2 aromatic heterocycles. The van der Waals surface area contributed by atoms with Gasteiger partial charge in [0.1, 0.15) is 5.00 Å². The van der Waals surface area contributed by atoms with Crippen molar-refractivity contribution in [1.29, 1.82) is 0 Å². The Balaban J connectivity index is 1.74. The lowest BCUT2D eigenvalue weighted by Gasteiger charge is -2.11. The number of aryl methyl sites for hydroxylation is 2. The molecule has 0 saturated heterocycles. The lowest BCUT2D eigenvalue weighted by atomic mass is 9.95. The molecule has 5 nitrogen and oxygen atoms in total. The number of anilines is 1. The molecule has 0 fully saturated rings. The van der Waals surface area contributed by atoms with E-state index in [0.717, 1.165) is 44.1 Å². The molecule has 1 N–H and O–H groups in total. The Kier molecular flexibility index (Phi) is 6.04. The van der Waals surface area contributed by atoms with Gasteiger partial charge in [0, 0.05) is 17.0 Å². The molecule has 1 amide bonds. The Morgan fingerprint density at radius 3 is 2.65 bits per heavy atom. The summed E-state index contributed by atoms with van der Waals surface area (Å²) in [4.78, 5) is 25.9. The number of pyridine rings is 1. The first-order chi connectivity index (χ1) is 12.6. The van der Waals surface area contributed by atoms with Crippen LogP contribution in [0.25, 0.3) is 0 Å². The van der Waals surface area contributed by atoms with Crippen molar-refractivity contribution in [2.75, 3.05) is 12.4 Å². The minimum atomic E-state index is -0.365. The summed E-state index contributed by atoms with van der Waals surface area (Å²) in [6, 6.07) is 4.08. The third-order valence-electron chi connectivity index (χ3n) is 4.64. The Morgan fingerprint density at radius 2 is 1.96 bits per heavy atom. The molecule has 0 unspecified atom stereocenters. The number of carbonyl (C=O) groups is 2. The SMILES string of the molecule is CCCc1cc[n+](CC(=O)Nc2sc3c(c2C(=O)OC)CCCC3)cc1. The van der Waals surface area contributed by atoms with Crippen LogP contribution in [-0.4, -0.2) is 19.0 Å². The van der Waals surface area contributed by atoms with Gasteiger partial charge in [0.2, 0.25) is 6.54 Å². The molecule has 0 spiro atoms. The van der Waals surface area contributed by atoms with E-state index in [1.807, 2.05) is 29.1 Å². The fourth-order valence-corrected chi connectivity index (χ4v) is 4.65. The van der Waals surface area contributed by atoms with E-state index in [0.29, 0.717) is 10.6 Å². The van der Waals surface area contributed by atoms with Crippen LogP contribution in [0.3, 0.4) is 0 Å². The average Bonchev–Trinajstić information content (AvgIpc) is 3.00. The van der Waals surface area contributed by atoms with Crippen molar-refractivity contribution in [1.82, 2.24) is 0 Å². The van der Waals surface area contributed by atoms with E-state index in [4.69, 9.17) is 4.74 Å². The fraction of sp³-hybridized carbons (Fsp3) is 0.450. The zero-order valence-electron chi connectivity index (χ0n) is 15.3. The van der Waals surface area contributed by atoms with Gasteiger partial charge in [-0.2, -0.15) is 4.57 Å². The third kappa shape index (κ3) is 4.12. The van der Waals surface area contributed by atoms with Crippen molar-refractivity contribution < 1.29 is 18.9 Å². The van der Waals surface area contributed by atoms with Crippen molar-refractivity contribution in [2.24, 2.45) is 0 Å². The van der Waals surface area contributed by atoms with Crippen molar-refractivity contribution in [3.05, 3.63) is 46.1 Å². The quantitative estimate of drug-likeness (QED) is 0.624. The van der Waals surface area contributed by atoms with E-state index in [-0.39, 0.29) is 18.4 Å². The van der Waals surface area contributed by atoms with Gasteiger partial charge < -0.3 is 10.1 Å². The molecule has 2 aromatic rings. The molecule has 0 aliphatic heterocycles. The molecule has 0 atom stereocenters. The minimum absolute atomic E-state index is 0.137. The number of methoxy groups -OCH3 is 1. The number of hydrogen-bond donors (Lipinski definition) is 1. The summed E-state index contributed by atoms with van der Waals surface area (Å²) in [6.07, 6.45) is 10.0. The number of esters is 1. The zero-order valence-corrected chi connectivity index (χ0v) is 16.2. The van der Waals surface area contributed by atoms with Gasteiger partial charge in [-0.1, -0.05) is 13.3 Å². The second-order valence-electron chi connectivity index (χ2n) is 6.58. The Morgan fingerprint density at radius 1 is 1.23 bits per heavy atom. The van der Waals surface area contributed by atoms with Crippen LogP contribution in [0.4, 0.5) is 5.00 Å². The Labute approximate surface area is 158 Å². The first-order valence-corrected chi connectivity index (χ1v) is 9.94. The topological polar surface area (TPSA) is 59.3 Å². The number of carbonyl (C=O) groups excluding carboxylic acids is 2. The average molecular weight is 373 g/mol. The maximum Gasteiger partial charge on any atom is 0.341 e. The highest BCUT2D eigenvalue weighted by Gasteiger charge is 2.27. The predicted octanol–water partition coefficient (Wildman–Crippen LogP) is 3.29. The first kappa shape index (κ1) is 18.6. The zero-order chi connectivity index (χ0) is 18.5. The van der Waals surface area contributed by atoms with E-state index in [1.54, 1.807) is 0 Å². The summed E-state index contributed by atoms with van der Waals surface area (Å²) in [5, 5.41) is 3.55. The number of nitrogens with zero attached hydrogens (tertiary/aromatic N) is 1. The first-order valence-electron chi connectivity index (χ1n) is 9.13. The number of fused-ring (bicyclic) bond motifs is 1. The van der Waals surface area contributed by atoms with Gasteiger partial charge in [0.15, 0.2) is 12.4 Å². The van der Waals surface area contributed by atoms with Gasteiger partial charge >= 0.3 is 5.97 Å². The predicted molar refractivity (Wildman–Crippen MR) is 102 cm³/mol. The normalized spacial score (nSPS) is 13.2. The van der Waals surface area contributed by atoms with Crippen LogP contribution in [-0.2, 0) is 35.3 Å². The number of aromatic nitrogens is 1. The van der Waals surface area contributed by atoms with Crippen LogP contribution in [0.15, 0.2) is 24.5 Å². The van der Waals surface area contributed by atoms with Gasteiger partial charge in [0.05, 0.1) is 12.7 Å². The summed E-state index contributed by atoms with van der Waals surface area (Å²) in [7, 11) is 1.38.